The van der Waals surface area contributed by atoms with E-state index in [1.807, 2.05) is 44.2 Å². The number of hydrogen-bond donors (Lipinski definition) is 4. The first-order valence-electron chi connectivity index (χ1n) is 14.2. The second-order valence-electron chi connectivity index (χ2n) is 11.6. The van der Waals surface area contributed by atoms with Crippen molar-refractivity contribution in [1.82, 2.24) is 3.53 Å². The van der Waals surface area contributed by atoms with Crippen molar-refractivity contribution in [3.63, 3.8) is 0 Å². The van der Waals surface area contributed by atoms with Crippen LogP contribution in [0.2, 0.25) is 5.02 Å². The summed E-state index contributed by atoms with van der Waals surface area (Å²) in [5.74, 6) is -3.19. The Labute approximate surface area is 265 Å². The maximum atomic E-state index is 16.2. The molecule has 3 atom stereocenters. The van der Waals surface area contributed by atoms with Crippen molar-refractivity contribution in [2.75, 3.05) is 6.61 Å². The molecule has 1 aliphatic heterocycles. The topological polar surface area (TPSA) is 114 Å². The summed E-state index contributed by atoms with van der Waals surface area (Å²) >= 11 is 5.61. The molecule has 3 aromatic carbocycles. The van der Waals surface area contributed by atoms with Gasteiger partial charge >= 0.3 is 266 Å². The zero-order valence-corrected chi connectivity index (χ0v) is 27.0. The average Bonchev–Trinajstić information content (AvgIpc) is 3.24. The summed E-state index contributed by atoms with van der Waals surface area (Å²) in [6.45, 7) is 5.07. The molecular weight excluding hydrogens is 693 g/mol. The van der Waals surface area contributed by atoms with Crippen molar-refractivity contribution >= 4 is 17.5 Å². The Morgan fingerprint density at radius 2 is 1.88 bits per heavy atom. The van der Waals surface area contributed by atoms with Crippen molar-refractivity contribution in [3.8, 4) is 22.6 Å². The molecule has 0 aromatic heterocycles. The molecule has 0 spiro atoms. The minimum absolute atomic E-state index is 0.0199. The number of carbonyl (C=O) groups excluding carboxylic acids is 1. The average molecular weight is 728 g/mol. The SMILES string of the molecule is C[C@H](O)COc1ccc(C(N)=O)c(-c2c(Cl)c(F)cc3c2[C@H](C)[C@@]([I-]NC2CCC(C)(O)CC2)(c2ccccc2)O3)c1F. The Morgan fingerprint density at radius 1 is 1.21 bits per heavy atom. The van der Waals surface area contributed by atoms with Gasteiger partial charge < -0.3 is 0 Å². The number of fused-ring (bicyclic) bond motifs is 1. The van der Waals surface area contributed by atoms with Gasteiger partial charge in [-0.3, -0.25) is 0 Å². The fourth-order valence-electron chi connectivity index (χ4n) is 5.78. The van der Waals surface area contributed by atoms with Crippen LogP contribution in [0.15, 0.2) is 48.5 Å². The Morgan fingerprint density at radius 3 is 2.51 bits per heavy atom. The van der Waals surface area contributed by atoms with E-state index in [0.29, 0.717) is 18.4 Å². The van der Waals surface area contributed by atoms with Crippen LogP contribution in [-0.2, 0) is 3.61 Å². The van der Waals surface area contributed by atoms with Crippen LogP contribution in [0.3, 0.4) is 0 Å². The molecule has 2 aliphatic rings. The predicted octanol–water partition coefficient (Wildman–Crippen LogP) is 2.78. The van der Waals surface area contributed by atoms with Crippen molar-refractivity contribution < 1.29 is 54.7 Å². The Kier molecular flexibility index (Phi) is 9.25. The number of alkyl halides is 1. The molecule has 0 saturated heterocycles. The van der Waals surface area contributed by atoms with Crippen LogP contribution in [0.25, 0.3) is 11.1 Å². The summed E-state index contributed by atoms with van der Waals surface area (Å²) in [5.41, 5.74) is 5.83. The first kappa shape index (κ1) is 31.9. The van der Waals surface area contributed by atoms with Crippen LogP contribution >= 0.6 is 11.6 Å². The summed E-state index contributed by atoms with van der Waals surface area (Å²) in [7, 11) is 0. The van der Waals surface area contributed by atoms with Gasteiger partial charge in [0.1, 0.15) is 0 Å². The zero-order valence-electron chi connectivity index (χ0n) is 24.1. The molecule has 1 amide bonds. The number of primary amides is 1. The van der Waals surface area contributed by atoms with E-state index in [1.165, 1.54) is 25.1 Å². The molecule has 1 aliphatic carbocycles. The summed E-state index contributed by atoms with van der Waals surface area (Å²) in [5, 5.41) is 19.8. The van der Waals surface area contributed by atoms with Gasteiger partial charge in [-0.25, -0.2) is 0 Å². The van der Waals surface area contributed by atoms with Crippen LogP contribution in [-0.4, -0.2) is 40.5 Å². The van der Waals surface area contributed by atoms with E-state index in [4.69, 9.17) is 26.8 Å². The first-order chi connectivity index (χ1) is 20.3. The van der Waals surface area contributed by atoms with Gasteiger partial charge in [-0.15, -0.1) is 0 Å². The van der Waals surface area contributed by atoms with Gasteiger partial charge in [0.05, 0.1) is 0 Å². The van der Waals surface area contributed by atoms with Gasteiger partial charge in [0.15, 0.2) is 0 Å². The van der Waals surface area contributed by atoms with Crippen LogP contribution in [0.1, 0.15) is 73.9 Å². The van der Waals surface area contributed by atoms with Gasteiger partial charge in [0.2, 0.25) is 0 Å². The molecule has 0 unspecified atom stereocenters. The van der Waals surface area contributed by atoms with Crippen LogP contribution in [0.4, 0.5) is 8.78 Å². The number of carbonyl (C=O) groups is 1. The molecule has 5 N–H and O–H groups in total. The van der Waals surface area contributed by atoms with E-state index in [9.17, 15) is 15.0 Å². The fourth-order valence-corrected chi connectivity index (χ4v) is 9.35. The number of rotatable bonds is 9. The number of amides is 1. The van der Waals surface area contributed by atoms with Gasteiger partial charge in [-0.1, -0.05) is 0 Å². The van der Waals surface area contributed by atoms with E-state index < -0.39 is 60.3 Å². The van der Waals surface area contributed by atoms with Crippen molar-refractivity contribution in [2.45, 2.75) is 73.7 Å². The van der Waals surface area contributed by atoms with Crippen LogP contribution in [0.5, 0.6) is 11.5 Å². The molecule has 232 valence electrons. The number of benzene rings is 3. The van der Waals surface area contributed by atoms with Crippen LogP contribution in [0, 0.1) is 11.6 Å². The molecule has 0 radical (unpaired) electrons. The molecule has 3 aromatic rings. The molecule has 43 heavy (non-hydrogen) atoms. The minimum atomic E-state index is -0.998. The number of hydrogen-bond acceptors (Lipinski definition) is 6. The van der Waals surface area contributed by atoms with Crippen molar-refractivity contribution in [1.29, 1.82) is 0 Å². The van der Waals surface area contributed by atoms with E-state index in [0.717, 1.165) is 18.4 Å². The van der Waals surface area contributed by atoms with Gasteiger partial charge in [0.25, 0.3) is 0 Å². The van der Waals surface area contributed by atoms with Gasteiger partial charge in [-0.2, -0.15) is 0 Å². The third kappa shape index (κ3) is 6.22. The van der Waals surface area contributed by atoms with E-state index in [2.05, 4.69) is 3.53 Å². The summed E-state index contributed by atoms with van der Waals surface area (Å²) < 4.78 is 46.7. The number of ether oxygens (including phenoxy) is 2. The number of aliphatic hydroxyl groups is 2. The molecule has 11 heteroatoms. The number of halogens is 4. The predicted molar refractivity (Wildman–Crippen MR) is 156 cm³/mol. The maximum absolute atomic E-state index is 16.2. The molecular formula is C32H35ClF2IN2O5-. The van der Waals surface area contributed by atoms with Gasteiger partial charge in [-0.05, 0) is 0 Å². The Hall–Kier alpha value is -2.51. The molecule has 7 nitrogen and oxygen atoms in total. The third-order valence-corrected chi connectivity index (χ3v) is 12.3. The summed E-state index contributed by atoms with van der Waals surface area (Å²) in [4.78, 5) is 12.6. The van der Waals surface area contributed by atoms with E-state index in [-0.39, 0.29) is 45.9 Å². The second kappa shape index (κ2) is 12.5. The van der Waals surface area contributed by atoms with Crippen molar-refractivity contribution in [3.05, 3.63) is 81.9 Å². The van der Waals surface area contributed by atoms with Crippen molar-refractivity contribution in [2.24, 2.45) is 5.73 Å². The summed E-state index contributed by atoms with van der Waals surface area (Å²) in [6, 6.07) is 13.5. The number of aliphatic hydroxyl groups excluding tert-OH is 1. The second-order valence-corrected chi connectivity index (χ2v) is 14.7. The van der Waals surface area contributed by atoms with E-state index >= 15 is 8.78 Å². The monoisotopic (exact) mass is 727 g/mol. The standard InChI is InChI=1S/C32H35ClF2IN2O5/c1-17(39)16-42-23-10-9-21(30(37)40)26(29(23)35)27-25-18(2)32(19-7-5-4-6-8-19,43-24(25)15-22(34)28(27)33)36-38-20-11-13-31(3,41)14-12-20/h4-10,15,17-18,20,38-39,41H,11-14,16H2,1-3H3,(H2,37,40)/q-1/t17-,18-,20?,31?,32-/m0/s1. The Balaban J connectivity index is 1.64. The normalized spacial score (nSPS) is 25.7. The molecule has 5 rings (SSSR count). The fraction of sp³-hybridized carbons (Fsp3) is 0.406. The number of nitrogens with one attached hydrogen (secondary N) is 1. The third-order valence-electron chi connectivity index (χ3n) is 8.15. The summed E-state index contributed by atoms with van der Waals surface area (Å²) in [6.07, 6.45) is 2.08. The quantitative estimate of drug-likeness (QED) is 0.153. The molecule has 1 saturated carbocycles. The van der Waals surface area contributed by atoms with Gasteiger partial charge in [0, 0.05) is 0 Å². The Bertz CT molecular complexity index is 1510. The number of nitrogens with two attached hydrogens (primary N) is 1. The molecule has 1 heterocycles. The zero-order chi connectivity index (χ0) is 31.1. The first-order valence-corrected chi connectivity index (χ1v) is 16.7. The van der Waals surface area contributed by atoms with E-state index in [1.54, 1.807) is 0 Å². The molecule has 0 bridgehead atoms. The van der Waals surface area contributed by atoms with Crippen LogP contribution < -0.4 is 40.2 Å². The molecule has 1 fully saturated rings.